The zero-order valence-electron chi connectivity index (χ0n) is 13.1. The number of nitrogens with one attached hydrogen (secondary N) is 1. The van der Waals surface area contributed by atoms with Crippen molar-refractivity contribution >= 4 is 5.91 Å². The van der Waals surface area contributed by atoms with Gasteiger partial charge >= 0.3 is 0 Å². The fourth-order valence-corrected chi connectivity index (χ4v) is 3.02. The molecule has 2 saturated heterocycles. The first-order valence-electron chi connectivity index (χ1n) is 8.15. The van der Waals surface area contributed by atoms with E-state index in [1.807, 2.05) is 0 Å². The molecule has 2 aliphatic heterocycles. The summed E-state index contributed by atoms with van der Waals surface area (Å²) in [5.74, 6) is 0.315. The molecule has 5 nitrogen and oxygen atoms in total. The fraction of sp³-hybridized carbons (Fsp3) is 0.933. The first kappa shape index (κ1) is 15.7. The van der Waals surface area contributed by atoms with Crippen molar-refractivity contribution in [2.75, 3.05) is 58.9 Å². The topological polar surface area (TPSA) is 38.8 Å². The van der Waals surface area contributed by atoms with Gasteiger partial charge in [-0.1, -0.05) is 6.92 Å². The van der Waals surface area contributed by atoms with Crippen molar-refractivity contribution < 1.29 is 4.79 Å². The predicted octanol–water partition coefficient (Wildman–Crippen LogP) is 0.224. The molecule has 1 atom stereocenters. The molecule has 0 radical (unpaired) electrons. The Morgan fingerprint density at radius 1 is 1.10 bits per heavy atom. The Bertz CT molecular complexity index is 294. The standard InChI is InChI=1S/C15H30N4O/c1-3-14(2)18-9-11-19(12-10-18)15(20)13-17-7-4-5-16-6-8-17/h14,16H,3-13H2,1-2H3. The van der Waals surface area contributed by atoms with E-state index in [4.69, 9.17) is 0 Å². The second kappa shape index (κ2) is 7.96. The maximum atomic E-state index is 12.4. The van der Waals surface area contributed by atoms with E-state index in [9.17, 15) is 4.79 Å². The molecule has 5 heteroatoms. The third kappa shape index (κ3) is 4.43. The van der Waals surface area contributed by atoms with Crippen molar-refractivity contribution in [1.29, 1.82) is 0 Å². The van der Waals surface area contributed by atoms with Gasteiger partial charge in [0, 0.05) is 45.3 Å². The summed E-state index contributed by atoms with van der Waals surface area (Å²) < 4.78 is 0. The van der Waals surface area contributed by atoms with Gasteiger partial charge in [0.1, 0.15) is 0 Å². The molecule has 1 unspecified atom stereocenters. The van der Waals surface area contributed by atoms with Gasteiger partial charge < -0.3 is 10.2 Å². The lowest BCUT2D eigenvalue weighted by Crippen LogP contribution is -2.53. The zero-order valence-corrected chi connectivity index (χ0v) is 13.1. The van der Waals surface area contributed by atoms with Crippen LogP contribution in [0.1, 0.15) is 26.7 Å². The highest BCUT2D eigenvalue weighted by Crippen LogP contribution is 2.09. The van der Waals surface area contributed by atoms with Crippen LogP contribution in [0.15, 0.2) is 0 Å². The summed E-state index contributed by atoms with van der Waals surface area (Å²) in [4.78, 5) is 19.2. The van der Waals surface area contributed by atoms with Crippen molar-refractivity contribution in [3.63, 3.8) is 0 Å². The lowest BCUT2D eigenvalue weighted by atomic mass is 10.2. The van der Waals surface area contributed by atoms with Crippen molar-refractivity contribution in [3.8, 4) is 0 Å². The van der Waals surface area contributed by atoms with Crippen LogP contribution in [0, 0.1) is 0 Å². The van der Waals surface area contributed by atoms with Crippen molar-refractivity contribution in [3.05, 3.63) is 0 Å². The molecule has 0 aromatic carbocycles. The molecular formula is C15H30N4O. The molecule has 0 aromatic heterocycles. The number of amides is 1. The summed E-state index contributed by atoms with van der Waals surface area (Å²) in [7, 11) is 0. The summed E-state index contributed by atoms with van der Waals surface area (Å²) in [6, 6.07) is 0.643. The average Bonchev–Trinajstić information content (AvgIpc) is 2.75. The van der Waals surface area contributed by atoms with Crippen molar-refractivity contribution in [1.82, 2.24) is 20.0 Å². The molecule has 2 fully saturated rings. The van der Waals surface area contributed by atoms with E-state index in [1.54, 1.807) is 0 Å². The third-order valence-corrected chi connectivity index (χ3v) is 4.67. The molecule has 116 valence electrons. The third-order valence-electron chi connectivity index (χ3n) is 4.67. The minimum absolute atomic E-state index is 0.315. The summed E-state index contributed by atoms with van der Waals surface area (Å²) in [6.07, 6.45) is 2.34. The van der Waals surface area contributed by atoms with Crippen LogP contribution in [-0.2, 0) is 4.79 Å². The van der Waals surface area contributed by atoms with Crippen LogP contribution in [0.5, 0.6) is 0 Å². The molecule has 2 rings (SSSR count). The Kier molecular flexibility index (Phi) is 6.26. The van der Waals surface area contributed by atoms with Gasteiger partial charge in [-0.3, -0.25) is 14.6 Å². The fourth-order valence-electron chi connectivity index (χ4n) is 3.02. The number of hydrogen-bond acceptors (Lipinski definition) is 4. The van der Waals surface area contributed by atoms with E-state index in [2.05, 4.69) is 33.9 Å². The molecule has 0 aliphatic carbocycles. The van der Waals surface area contributed by atoms with Crippen molar-refractivity contribution in [2.45, 2.75) is 32.7 Å². The van der Waals surface area contributed by atoms with Crippen LogP contribution in [0.2, 0.25) is 0 Å². The van der Waals surface area contributed by atoms with Gasteiger partial charge in [-0.15, -0.1) is 0 Å². The minimum atomic E-state index is 0.315. The van der Waals surface area contributed by atoms with E-state index >= 15 is 0 Å². The number of piperazine rings is 1. The Hall–Kier alpha value is -0.650. The maximum absolute atomic E-state index is 12.4. The summed E-state index contributed by atoms with van der Waals surface area (Å²) in [5.41, 5.74) is 0. The molecule has 1 N–H and O–H groups in total. The maximum Gasteiger partial charge on any atom is 0.236 e. The summed E-state index contributed by atoms with van der Waals surface area (Å²) in [5, 5.41) is 3.38. The molecule has 0 aromatic rings. The minimum Gasteiger partial charge on any atom is -0.339 e. The van der Waals surface area contributed by atoms with E-state index in [1.165, 1.54) is 6.42 Å². The quantitative estimate of drug-likeness (QED) is 0.801. The van der Waals surface area contributed by atoms with Gasteiger partial charge in [0.05, 0.1) is 6.54 Å². The van der Waals surface area contributed by atoms with Crippen LogP contribution in [0.3, 0.4) is 0 Å². The van der Waals surface area contributed by atoms with Gasteiger partial charge in [-0.05, 0) is 32.9 Å². The Morgan fingerprint density at radius 2 is 1.85 bits per heavy atom. The number of rotatable bonds is 4. The second-order valence-electron chi connectivity index (χ2n) is 6.05. The number of nitrogens with zero attached hydrogens (tertiary/aromatic N) is 3. The average molecular weight is 282 g/mol. The lowest BCUT2D eigenvalue weighted by Gasteiger charge is -2.38. The first-order valence-corrected chi connectivity index (χ1v) is 8.15. The molecular weight excluding hydrogens is 252 g/mol. The second-order valence-corrected chi connectivity index (χ2v) is 6.05. The molecule has 0 bridgehead atoms. The Labute approximate surface area is 123 Å². The van der Waals surface area contributed by atoms with E-state index in [0.29, 0.717) is 18.5 Å². The highest BCUT2D eigenvalue weighted by atomic mass is 16.2. The highest BCUT2D eigenvalue weighted by Gasteiger charge is 2.24. The molecule has 0 saturated carbocycles. The SMILES string of the molecule is CCC(C)N1CCN(C(=O)CN2CCCNCC2)CC1. The van der Waals surface area contributed by atoms with E-state index < -0.39 is 0 Å². The highest BCUT2D eigenvalue weighted by molar-refractivity contribution is 5.78. The van der Waals surface area contributed by atoms with Crippen LogP contribution < -0.4 is 5.32 Å². The van der Waals surface area contributed by atoms with Crippen LogP contribution in [-0.4, -0.2) is 85.6 Å². The van der Waals surface area contributed by atoms with Crippen LogP contribution >= 0.6 is 0 Å². The van der Waals surface area contributed by atoms with Gasteiger partial charge in [-0.2, -0.15) is 0 Å². The lowest BCUT2D eigenvalue weighted by molar-refractivity contribution is -0.134. The van der Waals surface area contributed by atoms with Crippen molar-refractivity contribution in [2.24, 2.45) is 0 Å². The van der Waals surface area contributed by atoms with E-state index in [-0.39, 0.29) is 0 Å². The molecule has 2 heterocycles. The van der Waals surface area contributed by atoms with Crippen LogP contribution in [0.25, 0.3) is 0 Å². The number of hydrogen-bond donors (Lipinski definition) is 1. The molecule has 2 aliphatic rings. The number of carbonyl (C=O) groups is 1. The normalized spacial score (nSPS) is 24.4. The van der Waals surface area contributed by atoms with Gasteiger partial charge in [0.2, 0.25) is 5.91 Å². The summed E-state index contributed by atoms with van der Waals surface area (Å²) >= 11 is 0. The van der Waals surface area contributed by atoms with Crippen LogP contribution in [0.4, 0.5) is 0 Å². The Morgan fingerprint density at radius 3 is 2.55 bits per heavy atom. The Balaban J connectivity index is 1.73. The zero-order chi connectivity index (χ0) is 14.4. The largest absolute Gasteiger partial charge is 0.339 e. The summed E-state index contributed by atoms with van der Waals surface area (Å²) in [6.45, 7) is 13.1. The van der Waals surface area contributed by atoms with Gasteiger partial charge in [0.25, 0.3) is 0 Å². The monoisotopic (exact) mass is 282 g/mol. The van der Waals surface area contributed by atoms with E-state index in [0.717, 1.165) is 58.8 Å². The first-order chi connectivity index (χ1) is 9.70. The molecule has 1 amide bonds. The predicted molar refractivity (Wildman–Crippen MR) is 81.8 cm³/mol. The molecule has 0 spiro atoms. The smallest absolute Gasteiger partial charge is 0.236 e. The molecule has 20 heavy (non-hydrogen) atoms. The van der Waals surface area contributed by atoms with Gasteiger partial charge in [-0.25, -0.2) is 0 Å². The number of carbonyl (C=O) groups excluding carboxylic acids is 1. The van der Waals surface area contributed by atoms with Gasteiger partial charge in [0.15, 0.2) is 0 Å².